The number of unbranched alkanes of at least 4 members (excludes halogenated alkanes) is 1. The van der Waals surface area contributed by atoms with E-state index < -0.39 is 0 Å². The molecular weight excluding hydrogens is 384 g/mol. The Balaban J connectivity index is 1.59. The highest BCUT2D eigenvalue weighted by atomic mass is 35.5. The third-order valence-electron chi connectivity index (χ3n) is 4.95. The average Bonchev–Trinajstić information content (AvgIpc) is 3.30. The second-order valence-corrected chi connectivity index (χ2v) is 9.55. The lowest BCUT2D eigenvalue weighted by Crippen LogP contribution is -2.33. The van der Waals surface area contributed by atoms with Crippen LogP contribution in [0.2, 0.25) is 0 Å². The predicted molar refractivity (Wildman–Crippen MR) is 114 cm³/mol. The Kier molecular flexibility index (Phi) is 7.67. The summed E-state index contributed by atoms with van der Waals surface area (Å²) in [5.41, 5.74) is 2.23. The van der Waals surface area contributed by atoms with Crippen molar-refractivity contribution in [2.24, 2.45) is 0 Å². The maximum atomic E-state index is 10.3. The topological polar surface area (TPSA) is 36.4 Å². The average molecular weight is 411 g/mol. The Morgan fingerprint density at radius 2 is 2.19 bits per heavy atom. The van der Waals surface area contributed by atoms with Crippen molar-refractivity contribution in [3.63, 3.8) is 0 Å². The lowest BCUT2D eigenvalue weighted by molar-refractivity contribution is 0.164. The number of aliphatic hydroxyl groups is 1. The van der Waals surface area contributed by atoms with Crippen LogP contribution in [0, 0.1) is 0 Å². The molecule has 3 nitrogen and oxygen atoms in total. The van der Waals surface area contributed by atoms with Crippen LogP contribution in [0.15, 0.2) is 40.2 Å². The van der Waals surface area contributed by atoms with Gasteiger partial charge in [-0.2, -0.15) is 0 Å². The van der Waals surface area contributed by atoms with E-state index in [1.807, 2.05) is 23.3 Å². The number of nitrogens with zero attached hydrogens (tertiary/aromatic N) is 2. The van der Waals surface area contributed by atoms with E-state index in [2.05, 4.69) is 41.1 Å². The van der Waals surface area contributed by atoms with Gasteiger partial charge in [0.15, 0.2) is 0 Å². The number of aromatic nitrogens is 1. The van der Waals surface area contributed by atoms with Crippen LogP contribution >= 0.6 is 34.7 Å². The summed E-state index contributed by atoms with van der Waals surface area (Å²) in [6, 6.07) is 8.78. The van der Waals surface area contributed by atoms with E-state index in [9.17, 15) is 5.11 Å². The van der Waals surface area contributed by atoms with Gasteiger partial charge in [-0.05, 0) is 37.0 Å². The summed E-state index contributed by atoms with van der Waals surface area (Å²) in [6.45, 7) is 3.15. The van der Waals surface area contributed by atoms with E-state index in [0.717, 1.165) is 54.3 Å². The first-order valence-electron chi connectivity index (χ1n) is 9.40. The van der Waals surface area contributed by atoms with Gasteiger partial charge < -0.3 is 10.0 Å². The van der Waals surface area contributed by atoms with Gasteiger partial charge in [-0.25, -0.2) is 4.98 Å². The summed E-state index contributed by atoms with van der Waals surface area (Å²) in [5.74, 6) is 1.03. The molecule has 142 valence electrons. The quantitative estimate of drug-likeness (QED) is 0.422. The fourth-order valence-corrected chi connectivity index (χ4v) is 5.55. The van der Waals surface area contributed by atoms with Gasteiger partial charge in [0.25, 0.3) is 0 Å². The van der Waals surface area contributed by atoms with Crippen LogP contribution in [-0.2, 0) is 0 Å². The molecule has 6 heteroatoms. The van der Waals surface area contributed by atoms with E-state index in [1.54, 1.807) is 11.3 Å². The van der Waals surface area contributed by atoms with Gasteiger partial charge in [-0.3, -0.25) is 0 Å². The molecule has 3 atom stereocenters. The molecule has 1 N–H and O–H groups in total. The SMILES string of the molecule is CCCCC(O)c1ccc(N2CCC(Cl)C2CCSc2nccs2)cc1. The second kappa shape index (κ2) is 9.98. The number of rotatable bonds is 9. The second-order valence-electron chi connectivity index (χ2n) is 6.75. The summed E-state index contributed by atoms with van der Waals surface area (Å²) in [6.07, 6.45) is 6.58. The van der Waals surface area contributed by atoms with Crippen LogP contribution in [0.1, 0.15) is 50.7 Å². The smallest absolute Gasteiger partial charge is 0.149 e. The van der Waals surface area contributed by atoms with E-state index in [-0.39, 0.29) is 11.5 Å². The van der Waals surface area contributed by atoms with Gasteiger partial charge in [0, 0.05) is 35.6 Å². The molecule has 1 aromatic carbocycles. The molecule has 2 aromatic rings. The molecule has 26 heavy (non-hydrogen) atoms. The van der Waals surface area contributed by atoms with Gasteiger partial charge in [-0.15, -0.1) is 22.9 Å². The number of anilines is 1. The molecule has 0 aliphatic carbocycles. The number of thiazole rings is 1. The maximum Gasteiger partial charge on any atom is 0.149 e. The van der Waals surface area contributed by atoms with E-state index >= 15 is 0 Å². The molecule has 0 amide bonds. The standard InChI is InChI=1S/C20H27ClN2OS2/c1-2-3-4-19(24)15-5-7-16(8-6-15)23-12-9-17(21)18(23)10-13-25-20-22-11-14-26-20/h5-8,11,14,17-19,24H,2-4,9-10,12-13H2,1H3. The summed E-state index contributed by atoms with van der Waals surface area (Å²) in [5, 5.41) is 12.5. The zero-order valence-corrected chi connectivity index (χ0v) is 17.6. The molecule has 1 aliphatic heterocycles. The number of halogens is 1. The highest BCUT2D eigenvalue weighted by molar-refractivity contribution is 8.00. The van der Waals surface area contributed by atoms with Crippen LogP contribution in [0.5, 0.6) is 0 Å². The van der Waals surface area contributed by atoms with Gasteiger partial charge in [-0.1, -0.05) is 43.7 Å². The molecule has 1 fully saturated rings. The van der Waals surface area contributed by atoms with Crippen molar-refractivity contribution < 1.29 is 5.11 Å². The lowest BCUT2D eigenvalue weighted by atomic mass is 10.0. The molecule has 0 radical (unpaired) electrons. The van der Waals surface area contributed by atoms with E-state index in [0.29, 0.717) is 6.04 Å². The van der Waals surface area contributed by atoms with Crippen molar-refractivity contribution in [2.45, 2.75) is 60.9 Å². The molecule has 2 heterocycles. The minimum absolute atomic E-state index is 0.196. The van der Waals surface area contributed by atoms with Crippen molar-refractivity contribution >= 4 is 40.4 Å². The summed E-state index contributed by atoms with van der Waals surface area (Å²) < 4.78 is 1.13. The van der Waals surface area contributed by atoms with Crippen molar-refractivity contribution in [3.8, 4) is 0 Å². The van der Waals surface area contributed by atoms with Crippen molar-refractivity contribution in [1.29, 1.82) is 0 Å². The lowest BCUT2D eigenvalue weighted by Gasteiger charge is -2.28. The zero-order chi connectivity index (χ0) is 18.4. The summed E-state index contributed by atoms with van der Waals surface area (Å²) in [7, 11) is 0. The van der Waals surface area contributed by atoms with E-state index in [1.165, 1.54) is 5.69 Å². The first-order chi connectivity index (χ1) is 12.7. The number of alkyl halides is 1. The van der Waals surface area contributed by atoms with Crippen LogP contribution in [0.25, 0.3) is 0 Å². The first kappa shape index (κ1) is 20.0. The number of hydrogen-bond acceptors (Lipinski definition) is 5. The minimum atomic E-state index is -0.353. The molecule has 1 aliphatic rings. The molecule has 1 saturated heterocycles. The Hall–Kier alpha value is -0.750. The van der Waals surface area contributed by atoms with Crippen molar-refractivity contribution in [3.05, 3.63) is 41.4 Å². The van der Waals surface area contributed by atoms with E-state index in [4.69, 9.17) is 11.6 Å². The first-order valence-corrected chi connectivity index (χ1v) is 11.7. The molecular formula is C20H27ClN2OS2. The normalized spacial score (nSPS) is 21.3. The number of thioether (sulfide) groups is 1. The van der Waals surface area contributed by atoms with Crippen LogP contribution in [0.3, 0.4) is 0 Å². The van der Waals surface area contributed by atoms with Crippen LogP contribution in [0.4, 0.5) is 5.69 Å². The molecule has 1 aromatic heterocycles. The van der Waals surface area contributed by atoms with Crippen LogP contribution in [-0.4, -0.2) is 33.8 Å². The Morgan fingerprint density at radius 3 is 2.88 bits per heavy atom. The third kappa shape index (κ3) is 5.16. The Bertz CT molecular complexity index is 650. The van der Waals surface area contributed by atoms with Gasteiger partial charge in [0.2, 0.25) is 0 Å². The molecule has 0 bridgehead atoms. The summed E-state index contributed by atoms with van der Waals surface area (Å²) >= 11 is 10.1. The number of benzene rings is 1. The zero-order valence-electron chi connectivity index (χ0n) is 15.2. The molecule has 3 rings (SSSR count). The molecule has 0 saturated carbocycles. The number of aliphatic hydroxyl groups excluding tert-OH is 1. The third-order valence-corrected chi connectivity index (χ3v) is 7.46. The molecule has 3 unspecified atom stereocenters. The largest absolute Gasteiger partial charge is 0.388 e. The molecule has 0 spiro atoms. The number of hydrogen-bond donors (Lipinski definition) is 1. The fourth-order valence-electron chi connectivity index (χ4n) is 3.47. The Labute approximate surface area is 169 Å². The summed E-state index contributed by atoms with van der Waals surface area (Å²) in [4.78, 5) is 6.77. The highest BCUT2D eigenvalue weighted by Crippen LogP contribution is 2.33. The van der Waals surface area contributed by atoms with Gasteiger partial charge >= 0.3 is 0 Å². The highest BCUT2D eigenvalue weighted by Gasteiger charge is 2.32. The van der Waals surface area contributed by atoms with Crippen molar-refractivity contribution in [1.82, 2.24) is 4.98 Å². The predicted octanol–water partition coefficient (Wildman–Crippen LogP) is 5.74. The fraction of sp³-hybridized carbons (Fsp3) is 0.550. The van der Waals surface area contributed by atoms with Gasteiger partial charge in [0.05, 0.1) is 11.5 Å². The monoisotopic (exact) mass is 410 g/mol. The Morgan fingerprint density at radius 1 is 1.38 bits per heavy atom. The maximum absolute atomic E-state index is 10.3. The van der Waals surface area contributed by atoms with Gasteiger partial charge in [0.1, 0.15) is 4.34 Å². The minimum Gasteiger partial charge on any atom is -0.388 e. The van der Waals surface area contributed by atoms with Crippen molar-refractivity contribution in [2.75, 3.05) is 17.2 Å². The van der Waals surface area contributed by atoms with Crippen LogP contribution < -0.4 is 4.90 Å².